The summed E-state index contributed by atoms with van der Waals surface area (Å²) in [5.74, 6) is -0.178. The van der Waals surface area contributed by atoms with Crippen molar-refractivity contribution in [3.8, 4) is 0 Å². The van der Waals surface area contributed by atoms with E-state index in [4.69, 9.17) is 9.05 Å². The van der Waals surface area contributed by atoms with Crippen LogP contribution in [0.4, 0.5) is 0 Å². The van der Waals surface area contributed by atoms with Crippen LogP contribution in [0, 0.1) is 0 Å². The van der Waals surface area contributed by atoms with E-state index in [1.165, 1.54) is 347 Å². The molecule has 8 nitrogen and oxygen atoms in total. The Morgan fingerprint density at radius 2 is 0.632 bits per heavy atom. The molecule has 87 heavy (non-hydrogen) atoms. The number of carbonyl (C=O) groups excluding carboxylic acids is 1. The molecule has 516 valence electrons. The van der Waals surface area contributed by atoms with Gasteiger partial charge in [-0.1, -0.05) is 378 Å². The second-order valence-electron chi connectivity index (χ2n) is 28.1. The van der Waals surface area contributed by atoms with Crippen LogP contribution in [0.3, 0.4) is 0 Å². The standard InChI is InChI=1S/C78H153N2O6P/c1-6-8-10-12-14-16-18-20-22-24-26-28-30-32-34-35-36-37-38-39-40-41-42-43-44-45-46-48-50-52-54-56-58-60-62-64-66-68-70-72-78(82)79-76(75-86-87(83,84)85-74-73-80(3,4)5)77(81)71-69-67-65-63-61-59-57-55-53-51-49-47-33-31-29-27-25-23-21-19-17-15-13-11-9-7-2/h24,26,61,63,69,71,76-77,81H,6-23,25,27-60,62,64-68,70,72-75H2,1-5H3,(H-,79,82,83,84)/p+1/b26-24-,63-61+,71-69+. The molecule has 0 rings (SSSR count). The molecule has 3 unspecified atom stereocenters. The number of hydrogen-bond donors (Lipinski definition) is 3. The van der Waals surface area contributed by atoms with Crippen molar-refractivity contribution in [3.05, 3.63) is 36.5 Å². The summed E-state index contributed by atoms with van der Waals surface area (Å²) < 4.78 is 23.8. The maximum Gasteiger partial charge on any atom is 0.472 e. The highest BCUT2D eigenvalue weighted by Crippen LogP contribution is 2.43. The first-order valence-corrected chi connectivity index (χ1v) is 40.4. The Balaban J connectivity index is 3.95. The van der Waals surface area contributed by atoms with Crippen molar-refractivity contribution in [2.45, 2.75) is 418 Å². The van der Waals surface area contributed by atoms with Gasteiger partial charge in [-0.3, -0.25) is 13.8 Å². The Morgan fingerprint density at radius 3 is 0.920 bits per heavy atom. The zero-order valence-corrected chi connectivity index (χ0v) is 60.2. The summed E-state index contributed by atoms with van der Waals surface area (Å²) in [6, 6.07) is -0.863. The van der Waals surface area contributed by atoms with Crippen molar-refractivity contribution in [1.29, 1.82) is 0 Å². The smallest absolute Gasteiger partial charge is 0.387 e. The third-order valence-electron chi connectivity index (χ3n) is 18.1. The van der Waals surface area contributed by atoms with Crippen molar-refractivity contribution < 1.29 is 32.9 Å². The summed E-state index contributed by atoms with van der Waals surface area (Å²) in [6.07, 6.45) is 93.4. The molecular formula is C78H154N2O6P+. The van der Waals surface area contributed by atoms with Crippen molar-refractivity contribution >= 4 is 13.7 Å². The molecule has 0 aliphatic heterocycles. The van der Waals surface area contributed by atoms with E-state index < -0.39 is 20.0 Å². The number of phosphoric acid groups is 1. The van der Waals surface area contributed by atoms with Gasteiger partial charge in [-0.15, -0.1) is 0 Å². The largest absolute Gasteiger partial charge is 0.472 e. The number of rotatable bonds is 73. The van der Waals surface area contributed by atoms with Crippen LogP contribution in [0.15, 0.2) is 36.5 Å². The molecule has 0 aliphatic carbocycles. The summed E-state index contributed by atoms with van der Waals surface area (Å²) in [5, 5.41) is 14.0. The van der Waals surface area contributed by atoms with Gasteiger partial charge in [0, 0.05) is 6.42 Å². The molecule has 3 N–H and O–H groups in total. The second-order valence-corrected chi connectivity index (χ2v) is 29.5. The Morgan fingerprint density at radius 1 is 0.379 bits per heavy atom. The SMILES string of the molecule is CCCCCCCCCC/C=C\CCCCCCCCCCCCCCCCCCCCCCCCCCCCCC(=O)NC(COP(=O)(O)OCC[N+](C)(C)C)C(O)/C=C/CC/C=C/CCCCCCCCCCCCCCCCCCCCCC. The molecule has 0 heterocycles. The monoisotopic (exact) mass is 1250 g/mol. The van der Waals surface area contributed by atoms with Crippen molar-refractivity contribution in [2.75, 3.05) is 40.9 Å². The molecule has 0 aromatic carbocycles. The first kappa shape index (κ1) is 85.7. The first-order valence-electron chi connectivity index (χ1n) is 38.9. The number of aliphatic hydroxyl groups is 1. The zero-order chi connectivity index (χ0) is 63.4. The number of phosphoric ester groups is 1. The Labute approximate surface area is 544 Å². The van der Waals surface area contributed by atoms with Crippen LogP contribution in [-0.4, -0.2) is 73.4 Å². The highest BCUT2D eigenvalue weighted by Gasteiger charge is 2.28. The lowest BCUT2D eigenvalue weighted by Gasteiger charge is -2.25. The Kier molecular flexibility index (Phi) is 68.1. The Hall–Kier alpha value is -1.28. The number of carbonyl (C=O) groups is 1. The molecule has 1 amide bonds. The van der Waals surface area contributed by atoms with Crippen LogP contribution in [0.5, 0.6) is 0 Å². The average molecular weight is 1250 g/mol. The fraction of sp³-hybridized carbons (Fsp3) is 0.910. The number of amides is 1. The van der Waals surface area contributed by atoms with Crippen LogP contribution >= 0.6 is 7.82 Å². The van der Waals surface area contributed by atoms with Crippen LogP contribution in [-0.2, 0) is 18.4 Å². The molecule has 0 aromatic heterocycles. The van der Waals surface area contributed by atoms with E-state index in [0.717, 1.165) is 38.5 Å². The lowest BCUT2D eigenvalue weighted by molar-refractivity contribution is -0.870. The lowest BCUT2D eigenvalue weighted by Crippen LogP contribution is -2.45. The maximum atomic E-state index is 13.1. The van der Waals surface area contributed by atoms with Crippen molar-refractivity contribution in [3.63, 3.8) is 0 Å². The predicted octanol–water partition coefficient (Wildman–Crippen LogP) is 25.2. The molecule has 0 spiro atoms. The molecule has 9 heteroatoms. The summed E-state index contributed by atoms with van der Waals surface area (Å²) >= 11 is 0. The summed E-state index contributed by atoms with van der Waals surface area (Å²) in [4.78, 5) is 23.5. The van der Waals surface area contributed by atoms with E-state index in [-0.39, 0.29) is 19.1 Å². The number of hydrogen-bond acceptors (Lipinski definition) is 5. The summed E-state index contributed by atoms with van der Waals surface area (Å²) in [6.45, 7) is 4.86. The first-order chi connectivity index (χ1) is 42.5. The molecule has 0 fully saturated rings. The normalized spacial score (nSPS) is 13.7. The number of nitrogens with zero attached hydrogens (tertiary/aromatic N) is 1. The van der Waals surface area contributed by atoms with E-state index in [2.05, 4.69) is 43.5 Å². The molecule has 0 radical (unpaired) electrons. The minimum atomic E-state index is -4.36. The highest BCUT2D eigenvalue weighted by atomic mass is 31.2. The van der Waals surface area contributed by atoms with Gasteiger partial charge in [0.1, 0.15) is 13.2 Å². The Bertz CT molecular complexity index is 1510. The van der Waals surface area contributed by atoms with Crippen LogP contribution in [0.2, 0.25) is 0 Å². The van der Waals surface area contributed by atoms with Crippen LogP contribution < -0.4 is 5.32 Å². The topological polar surface area (TPSA) is 105 Å². The van der Waals surface area contributed by atoms with Gasteiger partial charge >= 0.3 is 7.82 Å². The molecule has 0 saturated heterocycles. The molecule has 0 aromatic rings. The van der Waals surface area contributed by atoms with Gasteiger partial charge in [0.2, 0.25) is 5.91 Å². The van der Waals surface area contributed by atoms with E-state index in [1.807, 2.05) is 27.2 Å². The molecule has 0 aliphatic rings. The number of likely N-dealkylation sites (N-methyl/N-ethyl adjacent to an activating group) is 1. The van der Waals surface area contributed by atoms with E-state index in [9.17, 15) is 19.4 Å². The fourth-order valence-electron chi connectivity index (χ4n) is 12.1. The van der Waals surface area contributed by atoms with Crippen molar-refractivity contribution in [1.82, 2.24) is 5.32 Å². The highest BCUT2D eigenvalue weighted by molar-refractivity contribution is 7.47. The molecule has 0 saturated carbocycles. The third kappa shape index (κ3) is 72.0. The zero-order valence-electron chi connectivity index (χ0n) is 59.3. The van der Waals surface area contributed by atoms with E-state index in [0.29, 0.717) is 17.4 Å². The van der Waals surface area contributed by atoms with Gasteiger partial charge in [-0.2, -0.15) is 0 Å². The average Bonchev–Trinajstić information content (AvgIpc) is 3.69. The molecule has 3 atom stereocenters. The second kappa shape index (κ2) is 69.1. The summed E-state index contributed by atoms with van der Waals surface area (Å²) in [7, 11) is 1.57. The predicted molar refractivity (Wildman–Crippen MR) is 383 cm³/mol. The molecular weight excluding hydrogens is 1090 g/mol. The number of nitrogens with one attached hydrogen (secondary N) is 1. The maximum absolute atomic E-state index is 13.1. The van der Waals surface area contributed by atoms with Gasteiger partial charge < -0.3 is 19.8 Å². The van der Waals surface area contributed by atoms with Gasteiger partial charge in [0.15, 0.2) is 0 Å². The quantitative estimate of drug-likeness (QED) is 0.0243. The lowest BCUT2D eigenvalue weighted by atomic mass is 10.0. The van der Waals surface area contributed by atoms with Gasteiger partial charge in [0.05, 0.1) is 39.9 Å². The minimum absolute atomic E-state index is 0.0585. The third-order valence-corrected chi connectivity index (χ3v) is 19.1. The van der Waals surface area contributed by atoms with Gasteiger partial charge in [-0.05, 0) is 57.8 Å². The number of unbranched alkanes of at least 4 members (excludes halogenated alkanes) is 56. The summed E-state index contributed by atoms with van der Waals surface area (Å²) in [5.41, 5.74) is 0. The number of allylic oxidation sites excluding steroid dienone is 5. The fourth-order valence-corrected chi connectivity index (χ4v) is 12.8. The van der Waals surface area contributed by atoms with Crippen LogP contribution in [0.25, 0.3) is 0 Å². The number of quaternary nitrogens is 1. The minimum Gasteiger partial charge on any atom is -0.387 e. The number of aliphatic hydroxyl groups excluding tert-OH is 1. The molecule has 0 bridgehead atoms. The van der Waals surface area contributed by atoms with Gasteiger partial charge in [0.25, 0.3) is 0 Å². The van der Waals surface area contributed by atoms with E-state index in [1.54, 1.807) is 6.08 Å². The van der Waals surface area contributed by atoms with Crippen LogP contribution in [0.1, 0.15) is 406 Å². The van der Waals surface area contributed by atoms with Crippen molar-refractivity contribution in [2.24, 2.45) is 0 Å². The van der Waals surface area contributed by atoms with E-state index >= 15 is 0 Å². The van der Waals surface area contributed by atoms with Gasteiger partial charge in [-0.25, -0.2) is 4.57 Å².